The maximum absolute atomic E-state index is 11.6. The Morgan fingerprint density at radius 1 is 1.45 bits per heavy atom. The molecular formula is C14H22N2O3S. The van der Waals surface area contributed by atoms with Gasteiger partial charge in [-0.3, -0.25) is 4.90 Å². The van der Waals surface area contributed by atoms with Crippen LogP contribution in [0.4, 0.5) is 0 Å². The number of benzene rings is 1. The van der Waals surface area contributed by atoms with Crippen molar-refractivity contribution < 1.29 is 13.2 Å². The van der Waals surface area contributed by atoms with Crippen LogP contribution in [0.5, 0.6) is 5.75 Å². The van der Waals surface area contributed by atoms with E-state index in [0.29, 0.717) is 19.6 Å². The fourth-order valence-electron chi connectivity index (χ4n) is 2.57. The molecule has 6 heteroatoms. The van der Waals surface area contributed by atoms with Crippen LogP contribution in [0.1, 0.15) is 18.1 Å². The van der Waals surface area contributed by atoms with Gasteiger partial charge in [-0.05, 0) is 24.6 Å². The molecule has 0 bridgehead atoms. The summed E-state index contributed by atoms with van der Waals surface area (Å²) in [5.41, 5.74) is 7.78. The molecule has 1 saturated heterocycles. The van der Waals surface area contributed by atoms with E-state index in [1.807, 2.05) is 25.1 Å². The minimum absolute atomic E-state index is 0.0278. The number of rotatable bonds is 4. The zero-order valence-electron chi connectivity index (χ0n) is 12.0. The molecule has 112 valence electrons. The first-order valence-electron chi connectivity index (χ1n) is 6.75. The predicted octanol–water partition coefficient (Wildman–Crippen LogP) is 0.773. The van der Waals surface area contributed by atoms with Crippen LogP contribution in [0.3, 0.4) is 0 Å². The second kappa shape index (κ2) is 6.11. The summed E-state index contributed by atoms with van der Waals surface area (Å²) >= 11 is 0. The van der Waals surface area contributed by atoms with Gasteiger partial charge in [-0.15, -0.1) is 0 Å². The van der Waals surface area contributed by atoms with Gasteiger partial charge < -0.3 is 10.5 Å². The largest absolute Gasteiger partial charge is 0.496 e. The van der Waals surface area contributed by atoms with Gasteiger partial charge in [0.1, 0.15) is 5.75 Å². The van der Waals surface area contributed by atoms with Gasteiger partial charge in [-0.1, -0.05) is 6.07 Å². The number of hydrogen-bond acceptors (Lipinski definition) is 5. The Kier molecular flexibility index (Phi) is 4.67. The number of methoxy groups -OCH3 is 1. The number of hydrogen-bond donors (Lipinski definition) is 1. The normalized spacial score (nSPS) is 22.6. The molecule has 0 aliphatic carbocycles. The molecule has 5 nitrogen and oxygen atoms in total. The summed E-state index contributed by atoms with van der Waals surface area (Å²) in [6.07, 6.45) is 0. The van der Waals surface area contributed by atoms with E-state index in [-0.39, 0.29) is 17.5 Å². The lowest BCUT2D eigenvalue weighted by Crippen LogP contribution is -2.46. The van der Waals surface area contributed by atoms with E-state index in [9.17, 15) is 8.42 Å². The quantitative estimate of drug-likeness (QED) is 0.889. The first kappa shape index (κ1) is 15.3. The SMILES string of the molecule is COc1ccc(CN)cc1CN1CCS(=O)(=O)CC1C. The second-order valence-electron chi connectivity index (χ2n) is 5.28. The van der Waals surface area contributed by atoms with Crippen LogP contribution in [0, 0.1) is 0 Å². The van der Waals surface area contributed by atoms with Crippen molar-refractivity contribution in [3.05, 3.63) is 29.3 Å². The van der Waals surface area contributed by atoms with E-state index in [4.69, 9.17) is 10.5 Å². The van der Waals surface area contributed by atoms with E-state index < -0.39 is 9.84 Å². The molecule has 1 unspecified atom stereocenters. The van der Waals surface area contributed by atoms with Gasteiger partial charge in [-0.25, -0.2) is 8.42 Å². The molecule has 1 fully saturated rings. The van der Waals surface area contributed by atoms with E-state index in [0.717, 1.165) is 16.9 Å². The molecule has 2 N–H and O–H groups in total. The Bertz CT molecular complexity index is 572. The van der Waals surface area contributed by atoms with Gasteiger partial charge in [0.15, 0.2) is 9.84 Å². The zero-order valence-corrected chi connectivity index (χ0v) is 12.8. The van der Waals surface area contributed by atoms with Gasteiger partial charge in [0.2, 0.25) is 0 Å². The molecule has 1 aliphatic heterocycles. The monoisotopic (exact) mass is 298 g/mol. The van der Waals surface area contributed by atoms with Gasteiger partial charge in [0, 0.05) is 31.2 Å². The van der Waals surface area contributed by atoms with E-state index in [2.05, 4.69) is 4.90 Å². The van der Waals surface area contributed by atoms with Crippen LogP contribution in [-0.4, -0.2) is 44.5 Å². The Morgan fingerprint density at radius 2 is 2.20 bits per heavy atom. The molecule has 1 aromatic carbocycles. The van der Waals surface area contributed by atoms with E-state index >= 15 is 0 Å². The third kappa shape index (κ3) is 3.50. The van der Waals surface area contributed by atoms with Crippen LogP contribution in [0.2, 0.25) is 0 Å². The van der Waals surface area contributed by atoms with Crippen molar-refractivity contribution >= 4 is 9.84 Å². The average Bonchev–Trinajstić information content (AvgIpc) is 2.41. The van der Waals surface area contributed by atoms with Crippen molar-refractivity contribution in [2.45, 2.75) is 26.1 Å². The smallest absolute Gasteiger partial charge is 0.153 e. The fraction of sp³-hybridized carbons (Fsp3) is 0.571. The summed E-state index contributed by atoms with van der Waals surface area (Å²) in [6, 6.07) is 5.93. The molecule has 1 heterocycles. The Labute approximate surface area is 120 Å². The van der Waals surface area contributed by atoms with E-state index in [1.54, 1.807) is 7.11 Å². The van der Waals surface area contributed by atoms with Crippen LogP contribution < -0.4 is 10.5 Å². The Hall–Kier alpha value is -1.11. The Balaban J connectivity index is 2.17. The molecule has 1 aliphatic rings. The maximum atomic E-state index is 11.6. The van der Waals surface area contributed by atoms with Gasteiger partial charge in [-0.2, -0.15) is 0 Å². The lowest BCUT2D eigenvalue weighted by atomic mass is 10.1. The van der Waals surface area contributed by atoms with Crippen molar-refractivity contribution in [2.75, 3.05) is 25.2 Å². The van der Waals surface area contributed by atoms with Crippen LogP contribution >= 0.6 is 0 Å². The molecule has 1 aromatic rings. The molecule has 0 aromatic heterocycles. The summed E-state index contributed by atoms with van der Waals surface area (Å²) in [4.78, 5) is 2.18. The Morgan fingerprint density at radius 3 is 2.80 bits per heavy atom. The second-order valence-corrected chi connectivity index (χ2v) is 7.51. The highest BCUT2D eigenvalue weighted by Gasteiger charge is 2.28. The minimum Gasteiger partial charge on any atom is -0.496 e. The third-order valence-corrected chi connectivity index (χ3v) is 5.56. The molecule has 0 saturated carbocycles. The first-order valence-corrected chi connectivity index (χ1v) is 8.57. The van der Waals surface area contributed by atoms with Gasteiger partial charge in [0.05, 0.1) is 18.6 Å². The third-order valence-electron chi connectivity index (χ3n) is 3.76. The fourth-order valence-corrected chi connectivity index (χ4v) is 4.19. The number of sulfone groups is 1. The lowest BCUT2D eigenvalue weighted by Gasteiger charge is -2.33. The summed E-state index contributed by atoms with van der Waals surface area (Å²) in [5, 5.41) is 0. The van der Waals surface area contributed by atoms with Crippen molar-refractivity contribution in [2.24, 2.45) is 5.73 Å². The number of nitrogens with zero attached hydrogens (tertiary/aromatic N) is 1. The van der Waals surface area contributed by atoms with Crippen LogP contribution in [0.25, 0.3) is 0 Å². The highest BCUT2D eigenvalue weighted by atomic mass is 32.2. The molecule has 1 atom stereocenters. The van der Waals surface area contributed by atoms with Gasteiger partial charge >= 0.3 is 0 Å². The lowest BCUT2D eigenvalue weighted by molar-refractivity contribution is 0.215. The standard InChI is InChI=1S/C14H22N2O3S/c1-11-10-20(17,18)6-5-16(11)9-13-7-12(8-15)3-4-14(13)19-2/h3-4,7,11H,5-6,8-10,15H2,1-2H3. The molecule has 20 heavy (non-hydrogen) atoms. The summed E-state index contributed by atoms with van der Waals surface area (Å²) in [6.45, 7) is 3.70. The van der Waals surface area contributed by atoms with Crippen molar-refractivity contribution in [1.82, 2.24) is 4.90 Å². The molecule has 0 spiro atoms. The van der Waals surface area contributed by atoms with Gasteiger partial charge in [0.25, 0.3) is 0 Å². The predicted molar refractivity (Wildman–Crippen MR) is 79.4 cm³/mol. The number of ether oxygens (including phenoxy) is 1. The summed E-state index contributed by atoms with van der Waals surface area (Å²) < 4.78 is 28.6. The number of nitrogens with two attached hydrogens (primary N) is 1. The molecule has 2 rings (SSSR count). The molecule has 0 amide bonds. The van der Waals surface area contributed by atoms with E-state index in [1.165, 1.54) is 0 Å². The average molecular weight is 298 g/mol. The molecular weight excluding hydrogens is 276 g/mol. The summed E-state index contributed by atoms with van der Waals surface area (Å²) in [5.74, 6) is 1.28. The van der Waals surface area contributed by atoms with Crippen molar-refractivity contribution in [1.29, 1.82) is 0 Å². The van der Waals surface area contributed by atoms with Crippen LogP contribution in [-0.2, 0) is 22.9 Å². The van der Waals surface area contributed by atoms with Crippen LogP contribution in [0.15, 0.2) is 18.2 Å². The molecule has 0 radical (unpaired) electrons. The minimum atomic E-state index is -2.88. The van der Waals surface area contributed by atoms with Crippen molar-refractivity contribution in [3.8, 4) is 5.75 Å². The van der Waals surface area contributed by atoms with Crippen molar-refractivity contribution in [3.63, 3.8) is 0 Å². The summed E-state index contributed by atoms with van der Waals surface area (Å²) in [7, 11) is -1.23. The zero-order chi connectivity index (χ0) is 14.8. The maximum Gasteiger partial charge on any atom is 0.153 e. The topological polar surface area (TPSA) is 72.6 Å². The highest BCUT2D eigenvalue weighted by Crippen LogP contribution is 2.24. The highest BCUT2D eigenvalue weighted by molar-refractivity contribution is 7.91. The first-order chi connectivity index (χ1) is 9.45.